The normalized spacial score (nSPS) is 9.77. The molecule has 1 heterocycles. The Morgan fingerprint density at radius 3 is 2.69 bits per heavy atom. The number of ether oxygens (including phenoxy) is 1. The van der Waals surface area contributed by atoms with Crippen LogP contribution in [0.3, 0.4) is 0 Å². The van der Waals surface area contributed by atoms with Crippen LogP contribution >= 0.6 is 0 Å². The van der Waals surface area contributed by atoms with Gasteiger partial charge >= 0.3 is 5.97 Å². The number of carbonyl (C=O) groups excluding carboxylic acids is 1. The summed E-state index contributed by atoms with van der Waals surface area (Å²) in [7, 11) is 2.85. The summed E-state index contributed by atoms with van der Waals surface area (Å²) in [5.74, 6) is -0.593. The SMILES string of the molecule is COC(=O)c1cc(C)cn(C)c1=O. The lowest BCUT2D eigenvalue weighted by atomic mass is 10.2. The van der Waals surface area contributed by atoms with Gasteiger partial charge in [-0.25, -0.2) is 4.79 Å². The third-order valence-corrected chi connectivity index (χ3v) is 1.73. The maximum Gasteiger partial charge on any atom is 0.343 e. The Morgan fingerprint density at radius 2 is 2.15 bits per heavy atom. The molecule has 0 fully saturated rings. The van der Waals surface area contributed by atoms with Crippen molar-refractivity contribution in [3.8, 4) is 0 Å². The highest BCUT2D eigenvalue weighted by molar-refractivity contribution is 5.88. The van der Waals surface area contributed by atoms with Crippen LogP contribution in [0.5, 0.6) is 0 Å². The summed E-state index contributed by atoms with van der Waals surface area (Å²) in [4.78, 5) is 22.5. The number of hydrogen-bond donors (Lipinski definition) is 0. The van der Waals surface area contributed by atoms with E-state index in [2.05, 4.69) is 4.74 Å². The molecule has 70 valence electrons. The Labute approximate surface area is 75.8 Å². The van der Waals surface area contributed by atoms with Crippen molar-refractivity contribution in [3.63, 3.8) is 0 Å². The fourth-order valence-corrected chi connectivity index (χ4v) is 1.14. The smallest absolute Gasteiger partial charge is 0.343 e. The molecule has 0 spiro atoms. The van der Waals surface area contributed by atoms with Crippen LogP contribution in [0, 0.1) is 6.92 Å². The van der Waals surface area contributed by atoms with Crippen LogP contribution in [0.4, 0.5) is 0 Å². The topological polar surface area (TPSA) is 48.3 Å². The van der Waals surface area contributed by atoms with E-state index in [1.54, 1.807) is 13.2 Å². The number of nitrogens with zero attached hydrogens (tertiary/aromatic N) is 1. The highest BCUT2D eigenvalue weighted by Crippen LogP contribution is 1.99. The average Bonchev–Trinajstić information content (AvgIpc) is 2.10. The molecule has 0 aliphatic carbocycles. The van der Waals surface area contributed by atoms with E-state index in [-0.39, 0.29) is 11.1 Å². The predicted molar refractivity (Wildman–Crippen MR) is 47.8 cm³/mol. The molecule has 0 amide bonds. The Kier molecular flexibility index (Phi) is 2.51. The summed E-state index contributed by atoms with van der Waals surface area (Å²) in [6.45, 7) is 1.81. The standard InChI is InChI=1S/C9H11NO3/c1-6-4-7(9(12)13-3)8(11)10(2)5-6/h4-5H,1-3H3. The van der Waals surface area contributed by atoms with Crippen molar-refractivity contribution in [2.24, 2.45) is 7.05 Å². The molecule has 0 unspecified atom stereocenters. The van der Waals surface area contributed by atoms with Gasteiger partial charge in [0.05, 0.1) is 7.11 Å². The lowest BCUT2D eigenvalue weighted by molar-refractivity contribution is 0.0598. The number of carbonyl (C=O) groups is 1. The average molecular weight is 181 g/mol. The van der Waals surface area contributed by atoms with Gasteiger partial charge < -0.3 is 9.30 Å². The molecule has 1 rings (SSSR count). The molecule has 0 bridgehead atoms. The minimum absolute atomic E-state index is 0.0741. The summed E-state index contributed by atoms with van der Waals surface area (Å²) in [6, 6.07) is 1.52. The van der Waals surface area contributed by atoms with Gasteiger partial charge in [-0.1, -0.05) is 0 Å². The third kappa shape index (κ3) is 1.77. The predicted octanol–water partition coefficient (Wildman–Crippen LogP) is 0.480. The van der Waals surface area contributed by atoms with Crippen molar-refractivity contribution in [2.75, 3.05) is 7.11 Å². The fourth-order valence-electron chi connectivity index (χ4n) is 1.14. The molecule has 0 radical (unpaired) electrons. The van der Waals surface area contributed by atoms with Crippen LogP contribution in [0.1, 0.15) is 15.9 Å². The van der Waals surface area contributed by atoms with Crippen LogP contribution in [0.2, 0.25) is 0 Å². The molecule has 4 nitrogen and oxygen atoms in total. The molecule has 1 aromatic heterocycles. The zero-order valence-corrected chi connectivity index (χ0v) is 7.83. The van der Waals surface area contributed by atoms with Crippen molar-refractivity contribution < 1.29 is 9.53 Å². The van der Waals surface area contributed by atoms with Gasteiger partial charge in [0.2, 0.25) is 0 Å². The lowest BCUT2D eigenvalue weighted by Gasteiger charge is -2.03. The quantitative estimate of drug-likeness (QED) is 0.592. The highest BCUT2D eigenvalue weighted by Gasteiger charge is 2.11. The van der Waals surface area contributed by atoms with E-state index in [9.17, 15) is 9.59 Å². The first-order valence-electron chi connectivity index (χ1n) is 3.82. The Balaban J connectivity index is 3.37. The molecule has 0 saturated heterocycles. The van der Waals surface area contributed by atoms with E-state index in [1.807, 2.05) is 6.92 Å². The van der Waals surface area contributed by atoms with E-state index in [1.165, 1.54) is 17.7 Å². The van der Waals surface area contributed by atoms with Crippen LogP contribution < -0.4 is 5.56 Å². The summed E-state index contributed by atoms with van der Waals surface area (Å²) in [5.41, 5.74) is 0.588. The number of esters is 1. The summed E-state index contributed by atoms with van der Waals surface area (Å²) in [6.07, 6.45) is 1.66. The van der Waals surface area contributed by atoms with Gasteiger partial charge in [-0.05, 0) is 18.6 Å². The molecular weight excluding hydrogens is 170 g/mol. The van der Waals surface area contributed by atoms with Crippen molar-refractivity contribution >= 4 is 5.97 Å². The molecule has 0 atom stereocenters. The molecule has 0 saturated carbocycles. The van der Waals surface area contributed by atoms with Gasteiger partial charge in [0, 0.05) is 13.2 Å². The molecule has 0 N–H and O–H groups in total. The second-order valence-corrected chi connectivity index (χ2v) is 2.84. The lowest BCUT2D eigenvalue weighted by Crippen LogP contribution is -2.24. The Hall–Kier alpha value is -1.58. The number of methoxy groups -OCH3 is 1. The number of aromatic nitrogens is 1. The molecule has 0 aliphatic rings. The zero-order valence-electron chi connectivity index (χ0n) is 7.83. The van der Waals surface area contributed by atoms with Gasteiger partial charge in [0.1, 0.15) is 5.56 Å². The molecule has 4 heteroatoms. The van der Waals surface area contributed by atoms with Gasteiger partial charge in [0.25, 0.3) is 5.56 Å². The highest BCUT2D eigenvalue weighted by atomic mass is 16.5. The first kappa shape index (κ1) is 9.51. The first-order valence-corrected chi connectivity index (χ1v) is 3.82. The molecule has 13 heavy (non-hydrogen) atoms. The first-order chi connectivity index (χ1) is 6.06. The molecule has 0 aliphatic heterocycles. The van der Waals surface area contributed by atoms with Crippen LogP contribution in [0.15, 0.2) is 17.1 Å². The zero-order chi connectivity index (χ0) is 10.0. The molecule has 1 aromatic rings. The number of hydrogen-bond acceptors (Lipinski definition) is 3. The van der Waals surface area contributed by atoms with Crippen molar-refractivity contribution in [1.82, 2.24) is 4.57 Å². The molecular formula is C9H11NO3. The number of rotatable bonds is 1. The van der Waals surface area contributed by atoms with E-state index in [0.717, 1.165) is 5.56 Å². The fraction of sp³-hybridized carbons (Fsp3) is 0.333. The third-order valence-electron chi connectivity index (χ3n) is 1.73. The van der Waals surface area contributed by atoms with Gasteiger partial charge in [-0.3, -0.25) is 4.79 Å². The van der Waals surface area contributed by atoms with Crippen molar-refractivity contribution in [1.29, 1.82) is 0 Å². The van der Waals surface area contributed by atoms with Crippen molar-refractivity contribution in [2.45, 2.75) is 6.92 Å². The van der Waals surface area contributed by atoms with E-state index in [4.69, 9.17) is 0 Å². The van der Waals surface area contributed by atoms with Gasteiger partial charge in [-0.15, -0.1) is 0 Å². The number of aryl methyl sites for hydroxylation is 2. The number of pyridine rings is 1. The van der Waals surface area contributed by atoms with E-state index < -0.39 is 5.97 Å². The summed E-state index contributed by atoms with van der Waals surface area (Å²) >= 11 is 0. The van der Waals surface area contributed by atoms with Crippen LogP contribution in [-0.2, 0) is 11.8 Å². The van der Waals surface area contributed by atoms with E-state index >= 15 is 0 Å². The van der Waals surface area contributed by atoms with Crippen molar-refractivity contribution in [3.05, 3.63) is 33.7 Å². The largest absolute Gasteiger partial charge is 0.465 e. The van der Waals surface area contributed by atoms with E-state index in [0.29, 0.717) is 0 Å². The minimum Gasteiger partial charge on any atom is -0.465 e. The van der Waals surface area contributed by atoms with Crippen LogP contribution in [-0.4, -0.2) is 17.6 Å². The Bertz CT molecular complexity index is 392. The summed E-state index contributed by atoms with van der Waals surface area (Å²) in [5, 5.41) is 0. The second kappa shape index (κ2) is 3.43. The van der Waals surface area contributed by atoms with Crippen LogP contribution in [0.25, 0.3) is 0 Å². The second-order valence-electron chi connectivity index (χ2n) is 2.84. The maximum atomic E-state index is 11.4. The molecule has 0 aromatic carbocycles. The van der Waals surface area contributed by atoms with Gasteiger partial charge in [-0.2, -0.15) is 0 Å². The summed E-state index contributed by atoms with van der Waals surface area (Å²) < 4.78 is 5.84. The maximum absolute atomic E-state index is 11.4. The minimum atomic E-state index is -0.593. The van der Waals surface area contributed by atoms with Gasteiger partial charge in [0.15, 0.2) is 0 Å². The Morgan fingerprint density at radius 1 is 1.54 bits per heavy atom. The monoisotopic (exact) mass is 181 g/mol.